The molecule has 0 bridgehead atoms. The molecule has 4 rings (SSSR count). The van der Waals surface area contributed by atoms with Crippen molar-refractivity contribution in [3.05, 3.63) is 83.9 Å². The van der Waals surface area contributed by atoms with Gasteiger partial charge in [0.2, 0.25) is 0 Å². The first-order valence-electron chi connectivity index (χ1n) is 12.2. The van der Waals surface area contributed by atoms with Crippen LogP contribution >= 0.6 is 0 Å². The van der Waals surface area contributed by atoms with Gasteiger partial charge in [0.15, 0.2) is 0 Å². The van der Waals surface area contributed by atoms with Crippen LogP contribution in [0, 0.1) is 0 Å². The van der Waals surface area contributed by atoms with E-state index < -0.39 is 0 Å². The number of hydrogen-bond donors (Lipinski definition) is 2. The molecule has 188 valence electrons. The molecule has 0 spiro atoms. The molecule has 1 saturated heterocycles. The minimum absolute atomic E-state index is 0.0670. The van der Waals surface area contributed by atoms with Crippen molar-refractivity contribution in [3.63, 3.8) is 0 Å². The summed E-state index contributed by atoms with van der Waals surface area (Å²) in [6.45, 7) is 9.36. The van der Waals surface area contributed by atoms with Gasteiger partial charge in [-0.2, -0.15) is 0 Å². The van der Waals surface area contributed by atoms with Crippen LogP contribution in [-0.4, -0.2) is 50.1 Å². The lowest BCUT2D eigenvalue weighted by Crippen LogP contribution is -2.48. The molecule has 1 aliphatic rings. The lowest BCUT2D eigenvalue weighted by Gasteiger charge is -2.36. The Kier molecular flexibility index (Phi) is 7.48. The molecule has 0 radical (unpaired) electrons. The average Bonchev–Trinajstić information content (AvgIpc) is 2.89. The van der Waals surface area contributed by atoms with Crippen molar-refractivity contribution in [3.8, 4) is 5.75 Å². The zero-order valence-electron chi connectivity index (χ0n) is 21.4. The topological polar surface area (TPSA) is 73.9 Å². The molecule has 0 aliphatic carbocycles. The van der Waals surface area contributed by atoms with Crippen LogP contribution in [0.1, 0.15) is 36.7 Å². The third kappa shape index (κ3) is 5.97. The van der Waals surface area contributed by atoms with Crippen LogP contribution in [-0.2, 0) is 5.41 Å². The van der Waals surface area contributed by atoms with E-state index in [0.717, 1.165) is 24.3 Å². The summed E-state index contributed by atoms with van der Waals surface area (Å²) in [4.78, 5) is 29.5. The van der Waals surface area contributed by atoms with Gasteiger partial charge in [-0.3, -0.25) is 4.79 Å². The first-order chi connectivity index (χ1) is 17.2. The average molecular weight is 487 g/mol. The number of rotatable bonds is 5. The van der Waals surface area contributed by atoms with Gasteiger partial charge in [0.05, 0.1) is 12.8 Å². The zero-order valence-corrected chi connectivity index (χ0v) is 21.4. The molecule has 0 aromatic heterocycles. The van der Waals surface area contributed by atoms with Crippen molar-refractivity contribution >= 4 is 29.0 Å². The van der Waals surface area contributed by atoms with Crippen molar-refractivity contribution in [2.45, 2.75) is 26.2 Å². The van der Waals surface area contributed by atoms with Crippen molar-refractivity contribution in [2.75, 3.05) is 48.8 Å². The molecule has 3 aromatic rings. The number of carbonyl (C=O) groups is 2. The van der Waals surface area contributed by atoms with Crippen LogP contribution in [0.5, 0.6) is 5.75 Å². The van der Waals surface area contributed by atoms with E-state index in [9.17, 15) is 9.59 Å². The predicted molar refractivity (Wildman–Crippen MR) is 145 cm³/mol. The van der Waals surface area contributed by atoms with Gasteiger partial charge in [-0.05, 0) is 59.5 Å². The van der Waals surface area contributed by atoms with Crippen LogP contribution in [0.3, 0.4) is 0 Å². The smallest absolute Gasteiger partial charge is 0.323 e. The monoisotopic (exact) mass is 486 g/mol. The van der Waals surface area contributed by atoms with Gasteiger partial charge in [-0.15, -0.1) is 0 Å². The Hall–Kier alpha value is -4.00. The summed E-state index contributed by atoms with van der Waals surface area (Å²) < 4.78 is 5.27. The number of amides is 3. The number of ether oxygens (including phenoxy) is 1. The number of nitrogens with zero attached hydrogens (tertiary/aromatic N) is 2. The maximum atomic E-state index is 13.0. The lowest BCUT2D eigenvalue weighted by molar-refractivity contribution is 0.0746. The summed E-state index contributed by atoms with van der Waals surface area (Å²) in [6.07, 6.45) is 0. The Morgan fingerprint density at radius 2 is 1.44 bits per heavy atom. The van der Waals surface area contributed by atoms with E-state index in [1.807, 2.05) is 53.4 Å². The van der Waals surface area contributed by atoms with E-state index in [1.54, 1.807) is 19.2 Å². The standard InChI is InChI=1S/C29H34N4O3/c1-29(2,3)22-11-9-21(10-12-22)27(34)33-19-17-32(18-20-33)24-15-13-23(14-16-24)30-28(35)31-25-7-5-6-8-26(25)36-4/h5-16H,17-20H2,1-4H3,(H2,30,31,35). The Balaban J connectivity index is 1.29. The van der Waals surface area contributed by atoms with Gasteiger partial charge < -0.3 is 25.2 Å². The van der Waals surface area contributed by atoms with Gasteiger partial charge in [0, 0.05) is 43.1 Å². The van der Waals surface area contributed by atoms with Crippen molar-refractivity contribution in [1.82, 2.24) is 4.90 Å². The maximum Gasteiger partial charge on any atom is 0.323 e. The molecule has 0 unspecified atom stereocenters. The molecular weight excluding hydrogens is 452 g/mol. The van der Waals surface area contributed by atoms with Gasteiger partial charge in [0.1, 0.15) is 5.75 Å². The fourth-order valence-electron chi connectivity index (χ4n) is 4.25. The number of para-hydroxylation sites is 2. The third-order valence-corrected chi connectivity index (χ3v) is 6.41. The number of benzene rings is 3. The van der Waals surface area contributed by atoms with Crippen molar-refractivity contribution in [2.24, 2.45) is 0 Å². The van der Waals surface area contributed by atoms with E-state index >= 15 is 0 Å². The predicted octanol–water partition coefficient (Wildman–Crippen LogP) is 5.60. The number of carbonyl (C=O) groups excluding carboxylic acids is 2. The molecule has 2 N–H and O–H groups in total. The van der Waals surface area contributed by atoms with Crippen LogP contribution in [0.15, 0.2) is 72.8 Å². The van der Waals surface area contributed by atoms with Crippen molar-refractivity contribution in [1.29, 1.82) is 0 Å². The first kappa shape index (κ1) is 25.1. The highest BCUT2D eigenvalue weighted by molar-refractivity contribution is 6.00. The van der Waals surface area contributed by atoms with Crippen molar-refractivity contribution < 1.29 is 14.3 Å². The van der Waals surface area contributed by atoms with Gasteiger partial charge in [-0.25, -0.2) is 4.79 Å². The Morgan fingerprint density at radius 1 is 0.806 bits per heavy atom. The van der Waals surface area contributed by atoms with Gasteiger partial charge in [0.25, 0.3) is 5.91 Å². The van der Waals surface area contributed by atoms with Gasteiger partial charge >= 0.3 is 6.03 Å². The summed E-state index contributed by atoms with van der Waals surface area (Å²) >= 11 is 0. The highest BCUT2D eigenvalue weighted by Gasteiger charge is 2.23. The number of hydrogen-bond acceptors (Lipinski definition) is 4. The van der Waals surface area contributed by atoms with Crippen LogP contribution in [0.25, 0.3) is 0 Å². The maximum absolute atomic E-state index is 13.0. The summed E-state index contributed by atoms with van der Waals surface area (Å²) in [7, 11) is 1.57. The second kappa shape index (κ2) is 10.7. The minimum Gasteiger partial charge on any atom is -0.495 e. The molecular formula is C29H34N4O3. The lowest BCUT2D eigenvalue weighted by atomic mass is 9.86. The number of urea groups is 1. The zero-order chi connectivity index (χ0) is 25.7. The molecule has 7 heteroatoms. The normalized spacial score (nSPS) is 13.8. The summed E-state index contributed by atoms with van der Waals surface area (Å²) in [6, 6.07) is 22.6. The molecule has 3 aromatic carbocycles. The highest BCUT2D eigenvalue weighted by atomic mass is 16.5. The largest absolute Gasteiger partial charge is 0.495 e. The van der Waals surface area contributed by atoms with Crippen LogP contribution in [0.4, 0.5) is 21.9 Å². The molecule has 1 heterocycles. The number of anilines is 3. The summed E-state index contributed by atoms with van der Waals surface area (Å²) in [5.74, 6) is 0.679. The van der Waals surface area contributed by atoms with E-state index in [0.29, 0.717) is 30.2 Å². The fourth-order valence-corrected chi connectivity index (χ4v) is 4.25. The second-order valence-electron chi connectivity index (χ2n) is 9.93. The SMILES string of the molecule is COc1ccccc1NC(=O)Nc1ccc(N2CCN(C(=O)c3ccc(C(C)(C)C)cc3)CC2)cc1. The van der Waals surface area contributed by atoms with E-state index in [-0.39, 0.29) is 17.4 Å². The number of piperazine rings is 1. The summed E-state index contributed by atoms with van der Waals surface area (Å²) in [5.41, 5.74) is 4.38. The second-order valence-corrected chi connectivity index (χ2v) is 9.93. The number of nitrogens with one attached hydrogen (secondary N) is 2. The molecule has 1 aliphatic heterocycles. The van der Waals surface area contributed by atoms with E-state index in [1.165, 1.54) is 5.56 Å². The third-order valence-electron chi connectivity index (χ3n) is 6.41. The van der Waals surface area contributed by atoms with Crippen LogP contribution in [0.2, 0.25) is 0 Å². The minimum atomic E-state index is -0.338. The molecule has 36 heavy (non-hydrogen) atoms. The molecule has 7 nitrogen and oxygen atoms in total. The molecule has 0 atom stereocenters. The fraction of sp³-hybridized carbons (Fsp3) is 0.310. The highest BCUT2D eigenvalue weighted by Crippen LogP contribution is 2.25. The Labute approximate surface area is 213 Å². The summed E-state index contributed by atoms with van der Waals surface area (Å²) in [5, 5.41) is 5.65. The Morgan fingerprint density at radius 3 is 2.06 bits per heavy atom. The molecule has 1 fully saturated rings. The molecule has 3 amide bonds. The Bertz CT molecular complexity index is 1190. The number of methoxy groups -OCH3 is 1. The van der Waals surface area contributed by atoms with E-state index in [4.69, 9.17) is 4.74 Å². The van der Waals surface area contributed by atoms with Crippen LogP contribution < -0.4 is 20.3 Å². The quantitative estimate of drug-likeness (QED) is 0.492. The van der Waals surface area contributed by atoms with Gasteiger partial charge in [-0.1, -0.05) is 45.0 Å². The first-order valence-corrected chi connectivity index (χ1v) is 12.2. The van der Waals surface area contributed by atoms with E-state index in [2.05, 4.69) is 48.4 Å². The molecule has 0 saturated carbocycles.